The number of para-hydroxylation sites is 1. The molecule has 32 heteroatoms. The highest BCUT2D eigenvalue weighted by molar-refractivity contribution is 5.97. The molecular formula is C76H118N6O26. The molecule has 1 aliphatic rings. The summed E-state index contributed by atoms with van der Waals surface area (Å²) in [6.07, 6.45) is 0.156. The third-order valence-electron chi connectivity index (χ3n) is 14.7. The lowest BCUT2D eigenvalue weighted by molar-refractivity contribution is -0.125. The van der Waals surface area contributed by atoms with Crippen LogP contribution in [0.15, 0.2) is 72.8 Å². The van der Waals surface area contributed by atoms with E-state index in [0.717, 1.165) is 33.7 Å². The Bertz CT molecular complexity index is 2820. The molecule has 0 atom stereocenters. The summed E-state index contributed by atoms with van der Waals surface area (Å²) in [5.41, 5.74) is 4.20. The van der Waals surface area contributed by atoms with Crippen LogP contribution in [0.1, 0.15) is 35.4 Å². The Balaban J connectivity index is 0.597. The zero-order valence-electron chi connectivity index (χ0n) is 63.3. The summed E-state index contributed by atoms with van der Waals surface area (Å²) in [4.78, 5) is 27.6. The number of hydrogen-bond donors (Lipinski definition) is 1. The van der Waals surface area contributed by atoms with Crippen molar-refractivity contribution in [2.75, 3.05) is 322 Å². The Hall–Kier alpha value is -6.02. The molecule has 0 bridgehead atoms. The number of carbonyl (C=O) groups excluding carboxylic acids is 2. The topological polar surface area (TPSA) is 322 Å². The van der Waals surface area contributed by atoms with Crippen molar-refractivity contribution in [3.8, 4) is 29.0 Å². The molecule has 108 heavy (non-hydrogen) atoms. The highest BCUT2D eigenvalue weighted by atomic mass is 16.6. The van der Waals surface area contributed by atoms with E-state index in [0.29, 0.717) is 335 Å². The fourth-order valence-corrected chi connectivity index (χ4v) is 9.17. The SMILES string of the molecule is Cc1nnc(-c2ccc(OCCOCCOCCOCCOCCOCCOCCOCCOCCOCCOCCOCCOCCOCCOCCOCCOCCOCCOCCOCCOCCOCCOCCOCCNC(=O)CCC(=O)N3Cc4ccccc4C#Cc4ccccc43)cc2)nn1. The Morgan fingerprint density at radius 1 is 0.324 bits per heavy atom. The zero-order chi connectivity index (χ0) is 75.8. The molecule has 3 aromatic carbocycles. The number of nitrogens with zero attached hydrogens (tertiary/aromatic N) is 5. The second-order valence-electron chi connectivity index (χ2n) is 23.0. The number of aryl methyl sites for hydroxylation is 1. The van der Waals surface area contributed by atoms with E-state index < -0.39 is 0 Å². The number of rotatable bonds is 77. The van der Waals surface area contributed by atoms with Gasteiger partial charge in [-0.15, -0.1) is 20.4 Å². The molecule has 2 amide bonds. The van der Waals surface area contributed by atoms with E-state index in [1.807, 2.05) is 72.8 Å². The molecule has 1 aliphatic heterocycles. The summed E-state index contributed by atoms with van der Waals surface area (Å²) in [5.74, 6) is 7.78. The van der Waals surface area contributed by atoms with Crippen LogP contribution >= 0.6 is 0 Å². The van der Waals surface area contributed by atoms with Crippen LogP contribution in [0.5, 0.6) is 5.75 Å². The summed E-state index contributed by atoms with van der Waals surface area (Å²) in [6.45, 7) is 24.2. The highest BCUT2D eigenvalue weighted by Gasteiger charge is 2.22. The van der Waals surface area contributed by atoms with Crippen molar-refractivity contribution >= 4 is 17.5 Å². The Morgan fingerprint density at radius 2 is 0.602 bits per heavy atom. The molecule has 0 radical (unpaired) electrons. The van der Waals surface area contributed by atoms with E-state index in [-0.39, 0.29) is 24.7 Å². The van der Waals surface area contributed by atoms with Crippen LogP contribution in [0.25, 0.3) is 11.4 Å². The number of fused-ring (bicyclic) bond motifs is 2. The quantitative estimate of drug-likeness (QED) is 0.0485. The first-order valence-corrected chi connectivity index (χ1v) is 37.4. The van der Waals surface area contributed by atoms with Gasteiger partial charge in [-0.05, 0) is 55.0 Å². The summed E-state index contributed by atoms with van der Waals surface area (Å²) >= 11 is 0. The average molecular weight is 1530 g/mol. The van der Waals surface area contributed by atoms with E-state index in [1.165, 1.54) is 0 Å². The number of benzene rings is 3. The van der Waals surface area contributed by atoms with Crippen molar-refractivity contribution in [3.63, 3.8) is 0 Å². The molecule has 0 saturated carbocycles. The Morgan fingerprint density at radius 3 is 0.935 bits per heavy atom. The van der Waals surface area contributed by atoms with Crippen LogP contribution in [0.3, 0.4) is 0 Å². The van der Waals surface area contributed by atoms with Crippen molar-refractivity contribution in [3.05, 3.63) is 95.3 Å². The van der Waals surface area contributed by atoms with Crippen molar-refractivity contribution in [1.29, 1.82) is 0 Å². The maximum Gasteiger partial charge on any atom is 0.227 e. The molecule has 2 heterocycles. The lowest BCUT2D eigenvalue weighted by Gasteiger charge is -2.26. The average Bonchev–Trinajstić information content (AvgIpc) is 0.806. The number of nitrogens with one attached hydrogen (secondary N) is 1. The van der Waals surface area contributed by atoms with Crippen LogP contribution in [-0.2, 0) is 125 Å². The summed E-state index contributed by atoms with van der Waals surface area (Å²) < 4.78 is 133. The zero-order valence-corrected chi connectivity index (χ0v) is 63.3. The number of amides is 2. The van der Waals surface area contributed by atoms with Gasteiger partial charge in [0.2, 0.25) is 17.6 Å². The number of aromatic nitrogens is 4. The maximum atomic E-state index is 13.4. The smallest absolute Gasteiger partial charge is 0.227 e. The molecule has 1 aromatic heterocycles. The van der Waals surface area contributed by atoms with E-state index in [2.05, 4.69) is 37.6 Å². The third kappa shape index (κ3) is 51.4. The minimum atomic E-state index is -0.208. The fourth-order valence-electron chi connectivity index (χ4n) is 9.17. The number of ether oxygens (including phenoxy) is 24. The molecule has 1 N–H and O–H groups in total. The molecule has 0 spiro atoms. The Labute approximate surface area is 636 Å². The van der Waals surface area contributed by atoms with Crippen molar-refractivity contribution < 1.29 is 123 Å². The normalized spacial score (nSPS) is 11.9. The summed E-state index contributed by atoms with van der Waals surface area (Å²) in [6, 6.07) is 22.8. The minimum absolute atomic E-state index is 0.0771. The van der Waals surface area contributed by atoms with Crippen LogP contribution in [0.2, 0.25) is 0 Å². The van der Waals surface area contributed by atoms with Crippen LogP contribution in [0, 0.1) is 18.8 Å². The number of carbonyl (C=O) groups is 2. The van der Waals surface area contributed by atoms with Crippen LogP contribution < -0.4 is 15.0 Å². The molecular weight excluding hydrogens is 1410 g/mol. The molecule has 0 fully saturated rings. The number of hydrogen-bond acceptors (Lipinski definition) is 30. The standard InChI is InChI=1S/C76H118N6O26/c1-67-78-80-76(81-79-67)70-12-14-72(15-13-70)108-65-64-107-63-62-106-61-60-105-59-58-104-57-56-103-55-54-102-53-52-101-51-50-100-49-48-99-47-46-98-45-44-97-43-42-96-41-40-95-39-38-94-37-36-93-35-34-92-33-32-91-31-30-90-29-28-89-27-26-88-25-24-87-23-22-86-21-20-85-19-18-77-74(83)16-17-75(84)82-66-71-8-3-2-6-68(71)10-11-69-7-4-5-9-73(69)82/h2-9,12-15H,16-66H2,1H3,(H,77,83). The second kappa shape index (κ2) is 69.0. The van der Waals surface area contributed by atoms with Crippen molar-refractivity contribution in [2.24, 2.45) is 0 Å². The van der Waals surface area contributed by atoms with Crippen LogP contribution in [0.4, 0.5) is 5.69 Å². The predicted octanol–water partition coefficient (Wildman–Crippen LogP) is 3.85. The van der Waals surface area contributed by atoms with E-state index >= 15 is 0 Å². The van der Waals surface area contributed by atoms with Crippen molar-refractivity contribution in [1.82, 2.24) is 25.7 Å². The molecule has 608 valence electrons. The first kappa shape index (κ1) is 92.6. The lowest BCUT2D eigenvalue weighted by Crippen LogP contribution is -2.34. The Kier molecular flexibility index (Phi) is 59.1. The molecule has 0 saturated heterocycles. The van der Waals surface area contributed by atoms with E-state index in [9.17, 15) is 9.59 Å². The monoisotopic (exact) mass is 1530 g/mol. The van der Waals surface area contributed by atoms with Gasteiger partial charge in [0.05, 0.1) is 316 Å². The second-order valence-corrected chi connectivity index (χ2v) is 23.0. The maximum absolute atomic E-state index is 13.4. The first-order valence-electron chi connectivity index (χ1n) is 37.4. The van der Waals surface area contributed by atoms with Gasteiger partial charge < -0.3 is 124 Å². The van der Waals surface area contributed by atoms with Gasteiger partial charge in [-0.2, -0.15) is 0 Å². The van der Waals surface area contributed by atoms with E-state index in [1.54, 1.807) is 11.8 Å². The van der Waals surface area contributed by atoms with Crippen molar-refractivity contribution in [2.45, 2.75) is 26.3 Å². The van der Waals surface area contributed by atoms with E-state index in [4.69, 9.17) is 114 Å². The first-order chi connectivity index (χ1) is 53.6. The minimum Gasteiger partial charge on any atom is -0.491 e. The van der Waals surface area contributed by atoms with Crippen LogP contribution in [-0.4, -0.2) is 349 Å². The summed E-state index contributed by atoms with van der Waals surface area (Å²) in [5, 5.41) is 18.8. The molecule has 4 aromatic rings. The van der Waals surface area contributed by atoms with Gasteiger partial charge in [-0.25, -0.2) is 0 Å². The highest BCUT2D eigenvalue weighted by Crippen LogP contribution is 2.26. The van der Waals surface area contributed by atoms with Gasteiger partial charge in [0.1, 0.15) is 12.4 Å². The van der Waals surface area contributed by atoms with Gasteiger partial charge in [0.15, 0.2) is 5.82 Å². The van der Waals surface area contributed by atoms with Gasteiger partial charge in [-0.1, -0.05) is 42.2 Å². The molecule has 0 unspecified atom stereocenters. The summed E-state index contributed by atoms with van der Waals surface area (Å²) in [7, 11) is 0. The molecule has 0 aliphatic carbocycles. The largest absolute Gasteiger partial charge is 0.491 e. The third-order valence-corrected chi connectivity index (χ3v) is 14.7. The van der Waals surface area contributed by atoms with Gasteiger partial charge in [0, 0.05) is 36.1 Å². The number of anilines is 1. The molecule has 32 nitrogen and oxygen atoms in total. The predicted molar refractivity (Wildman–Crippen MR) is 394 cm³/mol. The fraction of sp³-hybridized carbons (Fsp3) is 0.684. The van der Waals surface area contributed by atoms with Gasteiger partial charge >= 0.3 is 0 Å². The molecule has 5 rings (SSSR count). The lowest BCUT2D eigenvalue weighted by atomic mass is 10.0. The van der Waals surface area contributed by atoms with Gasteiger partial charge in [0.25, 0.3) is 0 Å². The van der Waals surface area contributed by atoms with Gasteiger partial charge in [-0.3, -0.25) is 9.59 Å².